The predicted octanol–water partition coefficient (Wildman–Crippen LogP) is 5.65. The number of amides is 1. The average Bonchev–Trinajstić information content (AvgIpc) is 3.58. The van der Waals surface area contributed by atoms with Crippen molar-refractivity contribution in [2.75, 3.05) is 11.1 Å². The Hall–Kier alpha value is -3.58. The van der Waals surface area contributed by atoms with E-state index in [-0.39, 0.29) is 29.2 Å². The molecule has 182 valence electrons. The second-order valence-electron chi connectivity index (χ2n) is 9.61. The van der Waals surface area contributed by atoms with E-state index in [0.29, 0.717) is 10.9 Å². The molecule has 0 aliphatic heterocycles. The number of hydrogen-bond acceptors (Lipinski definition) is 5. The van der Waals surface area contributed by atoms with E-state index in [1.165, 1.54) is 17.3 Å². The Bertz CT molecular complexity index is 1460. The molecule has 6 nitrogen and oxygen atoms in total. The molecule has 0 radical (unpaired) electrons. The summed E-state index contributed by atoms with van der Waals surface area (Å²) in [5.41, 5.74) is 4.45. The molecule has 7 heteroatoms. The minimum atomic E-state index is -0.174. The summed E-state index contributed by atoms with van der Waals surface area (Å²) in [4.78, 5) is 32.1. The van der Waals surface area contributed by atoms with Crippen molar-refractivity contribution in [2.24, 2.45) is 0 Å². The van der Waals surface area contributed by atoms with Gasteiger partial charge in [-0.2, -0.15) is 0 Å². The third kappa shape index (κ3) is 4.17. The molecule has 4 aromatic rings. The molecule has 2 aliphatic carbocycles. The lowest BCUT2D eigenvalue weighted by atomic mass is 9.68. The summed E-state index contributed by atoms with van der Waals surface area (Å²) < 4.78 is 7.29. The Morgan fingerprint density at radius 3 is 2.58 bits per heavy atom. The van der Waals surface area contributed by atoms with Crippen LogP contribution in [0.3, 0.4) is 0 Å². The Morgan fingerprint density at radius 1 is 1.03 bits per heavy atom. The van der Waals surface area contributed by atoms with Gasteiger partial charge in [-0.15, -0.1) is 0 Å². The summed E-state index contributed by atoms with van der Waals surface area (Å²) in [5.74, 6) is 0.687. The molecule has 6 rings (SSSR count). The molecule has 2 heterocycles. The maximum atomic E-state index is 14.2. The molecular formula is C29H27N3O3S. The number of rotatable bonds is 6. The lowest BCUT2D eigenvalue weighted by Gasteiger charge is -2.36. The van der Waals surface area contributed by atoms with E-state index in [1.54, 1.807) is 10.8 Å². The summed E-state index contributed by atoms with van der Waals surface area (Å²) in [5, 5.41) is 3.45. The van der Waals surface area contributed by atoms with Crippen LogP contribution in [0.15, 0.2) is 87.4 Å². The first-order chi connectivity index (χ1) is 17.6. The average molecular weight is 498 g/mol. The van der Waals surface area contributed by atoms with Crippen molar-refractivity contribution in [1.29, 1.82) is 0 Å². The first-order valence-corrected chi connectivity index (χ1v) is 13.4. The van der Waals surface area contributed by atoms with Crippen LogP contribution in [0.2, 0.25) is 0 Å². The summed E-state index contributed by atoms with van der Waals surface area (Å²) in [6, 6.07) is 21.4. The summed E-state index contributed by atoms with van der Waals surface area (Å²) in [6.07, 6.45) is 6.72. The number of para-hydroxylation sites is 1. The molecule has 0 atom stereocenters. The van der Waals surface area contributed by atoms with Crippen LogP contribution in [-0.2, 0) is 23.2 Å². The Morgan fingerprint density at radius 2 is 1.81 bits per heavy atom. The van der Waals surface area contributed by atoms with Crippen LogP contribution in [0.5, 0.6) is 0 Å². The highest BCUT2D eigenvalue weighted by Crippen LogP contribution is 2.50. The highest BCUT2D eigenvalue weighted by molar-refractivity contribution is 7.99. The van der Waals surface area contributed by atoms with Crippen LogP contribution < -0.4 is 10.9 Å². The molecular weight excluding hydrogens is 470 g/mol. The van der Waals surface area contributed by atoms with Gasteiger partial charge in [-0.25, -0.2) is 4.98 Å². The molecule has 1 amide bonds. The summed E-state index contributed by atoms with van der Waals surface area (Å²) >= 11 is 1.29. The molecule has 0 saturated heterocycles. The third-order valence-corrected chi connectivity index (χ3v) is 8.29. The number of thioether (sulfide) groups is 1. The third-order valence-electron chi connectivity index (χ3n) is 7.31. The molecule has 0 bridgehead atoms. The van der Waals surface area contributed by atoms with Gasteiger partial charge in [-0.3, -0.25) is 14.2 Å². The molecule has 2 aliphatic rings. The van der Waals surface area contributed by atoms with Gasteiger partial charge < -0.3 is 9.73 Å². The van der Waals surface area contributed by atoms with Gasteiger partial charge in [0.2, 0.25) is 5.91 Å². The highest BCUT2D eigenvalue weighted by Gasteiger charge is 2.44. The second-order valence-corrected chi connectivity index (χ2v) is 10.6. The Balaban J connectivity index is 1.43. The lowest BCUT2D eigenvalue weighted by molar-refractivity contribution is -0.113. The maximum Gasteiger partial charge on any atom is 0.258 e. The van der Waals surface area contributed by atoms with Gasteiger partial charge in [0.25, 0.3) is 5.56 Å². The molecule has 2 aromatic heterocycles. The number of furan rings is 1. The monoisotopic (exact) mass is 497 g/mol. The first-order valence-electron chi connectivity index (χ1n) is 12.4. The first kappa shape index (κ1) is 22.9. The van der Waals surface area contributed by atoms with Crippen molar-refractivity contribution in [1.82, 2.24) is 9.55 Å². The molecule has 1 fully saturated rings. The maximum absolute atomic E-state index is 14.2. The molecule has 2 aromatic carbocycles. The number of fused-ring (bicyclic) bond motifs is 4. The van der Waals surface area contributed by atoms with E-state index >= 15 is 0 Å². The van der Waals surface area contributed by atoms with Gasteiger partial charge in [-0.1, -0.05) is 67.1 Å². The van der Waals surface area contributed by atoms with Crippen molar-refractivity contribution in [3.8, 4) is 11.3 Å². The fraction of sp³-hybridized carbons (Fsp3) is 0.276. The zero-order valence-corrected chi connectivity index (χ0v) is 20.7. The van der Waals surface area contributed by atoms with Crippen molar-refractivity contribution in [2.45, 2.75) is 49.2 Å². The quantitative estimate of drug-likeness (QED) is 0.275. The second kappa shape index (κ2) is 9.47. The fourth-order valence-electron chi connectivity index (χ4n) is 5.70. The van der Waals surface area contributed by atoms with Gasteiger partial charge in [0, 0.05) is 16.7 Å². The minimum Gasteiger partial charge on any atom is -0.467 e. The number of hydrogen-bond donors (Lipinski definition) is 1. The number of benzene rings is 2. The highest BCUT2D eigenvalue weighted by atomic mass is 32.2. The van der Waals surface area contributed by atoms with Crippen molar-refractivity contribution < 1.29 is 9.21 Å². The van der Waals surface area contributed by atoms with E-state index in [0.717, 1.165) is 54.6 Å². The van der Waals surface area contributed by atoms with E-state index in [2.05, 4.69) is 23.5 Å². The molecule has 0 unspecified atom stereocenters. The zero-order valence-electron chi connectivity index (χ0n) is 19.9. The normalized spacial score (nSPS) is 15.4. The SMILES string of the molecule is O=C(CSc1nc2c(c(=O)n1Cc1ccco1)C1(CCCC1)Cc1ccccc1-2)Nc1ccccc1. The van der Waals surface area contributed by atoms with Crippen LogP contribution in [0.1, 0.15) is 42.6 Å². The largest absolute Gasteiger partial charge is 0.467 e. The van der Waals surface area contributed by atoms with Crippen molar-refractivity contribution in [3.05, 3.63) is 100 Å². The smallest absolute Gasteiger partial charge is 0.258 e. The Kier molecular flexibility index (Phi) is 6.01. The summed E-state index contributed by atoms with van der Waals surface area (Å²) in [7, 11) is 0. The van der Waals surface area contributed by atoms with Crippen LogP contribution >= 0.6 is 11.8 Å². The standard InChI is InChI=1S/C29H27N3O3S/c33-24(30-21-10-2-1-3-11-21)19-36-28-31-26-23-13-5-4-9-20(23)17-29(14-6-7-15-29)25(26)27(34)32(28)18-22-12-8-16-35-22/h1-5,8-13,16H,6-7,14-15,17-19H2,(H,30,33). The van der Waals surface area contributed by atoms with Crippen molar-refractivity contribution in [3.63, 3.8) is 0 Å². The van der Waals surface area contributed by atoms with Gasteiger partial charge in [-0.05, 0) is 49.1 Å². The van der Waals surface area contributed by atoms with Gasteiger partial charge >= 0.3 is 0 Å². The molecule has 36 heavy (non-hydrogen) atoms. The van der Waals surface area contributed by atoms with E-state index < -0.39 is 0 Å². The number of carbonyl (C=O) groups excluding carboxylic acids is 1. The van der Waals surface area contributed by atoms with E-state index in [9.17, 15) is 9.59 Å². The number of nitrogens with zero attached hydrogens (tertiary/aromatic N) is 2. The van der Waals surface area contributed by atoms with Crippen LogP contribution in [0.25, 0.3) is 11.3 Å². The molecule has 1 spiro atoms. The fourth-order valence-corrected chi connectivity index (χ4v) is 6.49. The van der Waals surface area contributed by atoms with Crippen LogP contribution in [0.4, 0.5) is 5.69 Å². The van der Waals surface area contributed by atoms with Crippen LogP contribution in [0, 0.1) is 0 Å². The van der Waals surface area contributed by atoms with E-state index in [1.807, 2.05) is 48.5 Å². The number of anilines is 1. The Labute approximate surface area is 213 Å². The number of nitrogens with one attached hydrogen (secondary N) is 1. The number of carbonyl (C=O) groups is 1. The van der Waals surface area contributed by atoms with Crippen molar-refractivity contribution >= 4 is 23.4 Å². The molecule has 1 saturated carbocycles. The van der Waals surface area contributed by atoms with Crippen LogP contribution in [-0.4, -0.2) is 21.2 Å². The molecule has 1 N–H and O–H groups in total. The van der Waals surface area contributed by atoms with Gasteiger partial charge in [0.1, 0.15) is 5.76 Å². The van der Waals surface area contributed by atoms with E-state index in [4.69, 9.17) is 9.40 Å². The summed E-state index contributed by atoms with van der Waals surface area (Å²) in [6.45, 7) is 0.284. The topological polar surface area (TPSA) is 77.1 Å². The predicted molar refractivity (Wildman–Crippen MR) is 141 cm³/mol. The number of aromatic nitrogens is 2. The lowest BCUT2D eigenvalue weighted by Crippen LogP contribution is -2.40. The van der Waals surface area contributed by atoms with Gasteiger partial charge in [0.05, 0.1) is 29.8 Å². The zero-order chi connectivity index (χ0) is 24.5. The minimum absolute atomic E-state index is 0.0150. The van der Waals surface area contributed by atoms with Gasteiger partial charge in [0.15, 0.2) is 5.16 Å².